The van der Waals surface area contributed by atoms with E-state index >= 15 is 0 Å². The van der Waals surface area contributed by atoms with Gasteiger partial charge in [-0.2, -0.15) is 0 Å². The van der Waals surface area contributed by atoms with Gasteiger partial charge in [-0.15, -0.1) is 0 Å². The number of alkyl carbamates (subject to hydrolysis) is 1. The number of carbonyl (C=O) groups is 1. The molecule has 0 aliphatic heterocycles. The van der Waals surface area contributed by atoms with E-state index < -0.39 is 11.7 Å². The summed E-state index contributed by atoms with van der Waals surface area (Å²) in [6.07, 6.45) is 1.27. The lowest BCUT2D eigenvalue weighted by Crippen LogP contribution is -2.34. The van der Waals surface area contributed by atoms with Gasteiger partial charge in [0.1, 0.15) is 5.60 Å². The number of carbonyl (C=O) groups excluding carboxylic acids is 1. The van der Waals surface area contributed by atoms with Crippen molar-refractivity contribution in [2.24, 2.45) is 0 Å². The van der Waals surface area contributed by atoms with Crippen molar-refractivity contribution >= 4 is 6.09 Å². The van der Waals surface area contributed by atoms with Gasteiger partial charge in [0.25, 0.3) is 0 Å². The monoisotopic (exact) mass is 328 g/mol. The number of hydrogen-bond acceptors (Lipinski definition) is 4. The van der Waals surface area contributed by atoms with Crippen LogP contribution < -0.4 is 10.1 Å². The first-order valence-electron chi connectivity index (χ1n) is 7.89. The van der Waals surface area contributed by atoms with Gasteiger partial charge < -0.3 is 14.8 Å². The molecule has 0 bridgehead atoms. The minimum absolute atomic E-state index is 0.148. The molecule has 1 aromatic carbocycles. The average Bonchev–Trinajstić information content (AvgIpc) is 2.53. The van der Waals surface area contributed by atoms with E-state index in [-0.39, 0.29) is 6.04 Å². The molecule has 0 saturated carbocycles. The Hall–Kier alpha value is -2.56. The number of aromatic nitrogens is 1. The predicted octanol–water partition coefficient (Wildman–Crippen LogP) is 4.34. The zero-order valence-electron chi connectivity index (χ0n) is 14.8. The van der Waals surface area contributed by atoms with E-state index in [0.717, 1.165) is 16.7 Å². The zero-order valence-corrected chi connectivity index (χ0v) is 14.8. The fourth-order valence-electron chi connectivity index (χ4n) is 2.29. The van der Waals surface area contributed by atoms with Crippen molar-refractivity contribution in [2.75, 3.05) is 7.11 Å². The van der Waals surface area contributed by atoms with Gasteiger partial charge in [-0.05, 0) is 51.0 Å². The SMILES string of the molecule is COc1ncccc1-c1ccc([C@@H](C)NC(=O)OC(C)(C)C)cc1. The predicted molar refractivity (Wildman–Crippen MR) is 94.0 cm³/mol. The van der Waals surface area contributed by atoms with Crippen molar-refractivity contribution in [1.29, 1.82) is 0 Å². The number of nitrogens with one attached hydrogen (secondary N) is 1. The Morgan fingerprint density at radius 2 is 1.83 bits per heavy atom. The number of pyridine rings is 1. The molecule has 1 amide bonds. The van der Waals surface area contributed by atoms with E-state index in [2.05, 4.69) is 10.3 Å². The Bertz CT molecular complexity index is 691. The van der Waals surface area contributed by atoms with Gasteiger partial charge >= 0.3 is 6.09 Å². The number of hydrogen-bond donors (Lipinski definition) is 1. The fourth-order valence-corrected chi connectivity index (χ4v) is 2.29. The Labute approximate surface area is 143 Å². The summed E-state index contributed by atoms with van der Waals surface area (Å²) < 4.78 is 10.6. The highest BCUT2D eigenvalue weighted by molar-refractivity contribution is 5.70. The summed E-state index contributed by atoms with van der Waals surface area (Å²) in [5, 5.41) is 2.84. The van der Waals surface area contributed by atoms with Crippen LogP contribution >= 0.6 is 0 Å². The standard InChI is InChI=1S/C19H24N2O3/c1-13(21-18(22)24-19(2,3)4)14-8-10-15(11-9-14)16-7-6-12-20-17(16)23-5/h6-13H,1-5H3,(H,21,22)/t13-/m1/s1. The summed E-state index contributed by atoms with van der Waals surface area (Å²) in [5.41, 5.74) is 2.42. The molecule has 0 fully saturated rings. The van der Waals surface area contributed by atoms with E-state index in [4.69, 9.17) is 9.47 Å². The molecule has 0 saturated heterocycles. The molecule has 24 heavy (non-hydrogen) atoms. The van der Waals surface area contributed by atoms with Crippen molar-refractivity contribution in [2.45, 2.75) is 39.3 Å². The number of benzene rings is 1. The minimum Gasteiger partial charge on any atom is -0.481 e. The van der Waals surface area contributed by atoms with E-state index in [0.29, 0.717) is 5.88 Å². The van der Waals surface area contributed by atoms with Crippen LogP contribution in [0.4, 0.5) is 4.79 Å². The average molecular weight is 328 g/mol. The molecule has 2 aromatic rings. The maximum Gasteiger partial charge on any atom is 0.408 e. The van der Waals surface area contributed by atoms with Crippen molar-refractivity contribution in [3.8, 4) is 17.0 Å². The largest absolute Gasteiger partial charge is 0.481 e. The second-order valence-corrected chi connectivity index (χ2v) is 6.55. The van der Waals surface area contributed by atoms with Gasteiger partial charge in [0.15, 0.2) is 0 Å². The minimum atomic E-state index is -0.509. The first-order chi connectivity index (χ1) is 11.3. The second kappa shape index (κ2) is 7.34. The van der Waals surface area contributed by atoms with Crippen molar-refractivity contribution in [3.63, 3.8) is 0 Å². The first kappa shape index (κ1) is 17.8. The molecule has 0 spiro atoms. The molecule has 1 heterocycles. The van der Waals surface area contributed by atoms with E-state index in [9.17, 15) is 4.79 Å². The van der Waals surface area contributed by atoms with Crippen LogP contribution in [0.2, 0.25) is 0 Å². The van der Waals surface area contributed by atoms with Gasteiger partial charge in [-0.25, -0.2) is 9.78 Å². The topological polar surface area (TPSA) is 60.5 Å². The van der Waals surface area contributed by atoms with E-state index in [1.807, 2.05) is 64.1 Å². The second-order valence-electron chi connectivity index (χ2n) is 6.55. The summed E-state index contributed by atoms with van der Waals surface area (Å²) >= 11 is 0. The van der Waals surface area contributed by atoms with Crippen LogP contribution in [-0.2, 0) is 4.74 Å². The normalized spacial score (nSPS) is 12.4. The molecule has 0 aliphatic rings. The highest BCUT2D eigenvalue weighted by Crippen LogP contribution is 2.28. The van der Waals surface area contributed by atoms with Gasteiger partial charge in [0, 0.05) is 11.8 Å². The van der Waals surface area contributed by atoms with Gasteiger partial charge in [0.2, 0.25) is 5.88 Å². The highest BCUT2D eigenvalue weighted by Gasteiger charge is 2.18. The summed E-state index contributed by atoms with van der Waals surface area (Å²) in [6, 6.07) is 11.6. The lowest BCUT2D eigenvalue weighted by Gasteiger charge is -2.22. The maximum atomic E-state index is 11.9. The Morgan fingerprint density at radius 1 is 1.17 bits per heavy atom. The summed E-state index contributed by atoms with van der Waals surface area (Å²) in [7, 11) is 1.60. The van der Waals surface area contributed by atoms with Crippen molar-refractivity contribution in [3.05, 3.63) is 48.2 Å². The quantitative estimate of drug-likeness (QED) is 0.907. The molecule has 1 atom stereocenters. The first-order valence-corrected chi connectivity index (χ1v) is 7.89. The van der Waals surface area contributed by atoms with Crippen LogP contribution in [0.3, 0.4) is 0 Å². The Balaban J connectivity index is 2.10. The third kappa shape index (κ3) is 4.72. The Morgan fingerprint density at radius 3 is 2.42 bits per heavy atom. The number of amides is 1. The maximum absolute atomic E-state index is 11.9. The van der Waals surface area contributed by atoms with E-state index in [1.165, 1.54) is 0 Å². The highest BCUT2D eigenvalue weighted by atomic mass is 16.6. The van der Waals surface area contributed by atoms with Gasteiger partial charge in [-0.1, -0.05) is 24.3 Å². The van der Waals surface area contributed by atoms with E-state index in [1.54, 1.807) is 13.3 Å². The van der Waals surface area contributed by atoms with Crippen LogP contribution in [0.5, 0.6) is 5.88 Å². The molecule has 1 N–H and O–H groups in total. The fraction of sp³-hybridized carbons (Fsp3) is 0.368. The third-order valence-electron chi connectivity index (χ3n) is 3.42. The molecular formula is C19H24N2O3. The zero-order chi connectivity index (χ0) is 17.7. The van der Waals surface area contributed by atoms with Gasteiger partial charge in [-0.3, -0.25) is 0 Å². The summed E-state index contributed by atoms with van der Waals surface area (Å²) in [6.45, 7) is 7.44. The molecule has 2 rings (SSSR count). The van der Waals surface area contributed by atoms with Crippen LogP contribution in [0.1, 0.15) is 39.3 Å². The summed E-state index contributed by atoms with van der Waals surface area (Å²) in [5.74, 6) is 0.588. The molecule has 5 nitrogen and oxygen atoms in total. The number of methoxy groups -OCH3 is 1. The number of ether oxygens (including phenoxy) is 2. The molecule has 128 valence electrons. The van der Waals surface area contributed by atoms with Crippen molar-refractivity contribution in [1.82, 2.24) is 10.3 Å². The third-order valence-corrected chi connectivity index (χ3v) is 3.42. The van der Waals surface area contributed by atoms with Crippen LogP contribution in [0.15, 0.2) is 42.6 Å². The molecule has 1 aromatic heterocycles. The molecule has 0 unspecified atom stereocenters. The molecule has 0 aliphatic carbocycles. The van der Waals surface area contributed by atoms with Gasteiger partial charge in [0.05, 0.1) is 13.2 Å². The van der Waals surface area contributed by atoms with Crippen molar-refractivity contribution < 1.29 is 14.3 Å². The number of rotatable bonds is 4. The van der Waals surface area contributed by atoms with Crippen LogP contribution in [0.25, 0.3) is 11.1 Å². The lowest BCUT2D eigenvalue weighted by atomic mass is 10.0. The Kier molecular flexibility index (Phi) is 5.44. The molecule has 0 radical (unpaired) electrons. The number of nitrogens with zero attached hydrogens (tertiary/aromatic N) is 1. The smallest absolute Gasteiger partial charge is 0.408 e. The summed E-state index contributed by atoms with van der Waals surface area (Å²) in [4.78, 5) is 16.1. The molecule has 5 heteroatoms. The van der Waals surface area contributed by atoms with Crippen LogP contribution in [0, 0.1) is 0 Å². The molecular weight excluding hydrogens is 304 g/mol. The van der Waals surface area contributed by atoms with Crippen LogP contribution in [-0.4, -0.2) is 23.8 Å². The lowest BCUT2D eigenvalue weighted by molar-refractivity contribution is 0.0508.